The molecule has 0 aliphatic rings. The van der Waals surface area contributed by atoms with Gasteiger partial charge >= 0.3 is 0 Å². The van der Waals surface area contributed by atoms with E-state index < -0.39 is 7.52 Å². The van der Waals surface area contributed by atoms with E-state index in [9.17, 15) is 9.36 Å². The lowest BCUT2D eigenvalue weighted by Crippen LogP contribution is -2.20. The first kappa shape index (κ1) is 24.4. The summed E-state index contributed by atoms with van der Waals surface area (Å²) in [4.78, 5) is 17.5. The predicted molar refractivity (Wildman–Crippen MR) is 138 cm³/mol. The Balaban J connectivity index is 1.59. The molecule has 34 heavy (non-hydrogen) atoms. The minimum Gasteiger partial charge on any atom is -0.315 e. The van der Waals surface area contributed by atoms with Crippen LogP contribution in [0, 0.1) is 0 Å². The highest BCUT2D eigenvalue weighted by atomic mass is 35.5. The normalized spacial score (nSPS) is 13.3. The molecule has 0 bridgehead atoms. The molecule has 8 heteroatoms. The third-order valence-corrected chi connectivity index (χ3v) is 7.81. The third kappa shape index (κ3) is 5.65. The van der Waals surface area contributed by atoms with Crippen LogP contribution in [-0.2, 0) is 28.8 Å². The van der Waals surface area contributed by atoms with E-state index in [4.69, 9.17) is 16.1 Å². The number of fused-ring (bicyclic) bond motifs is 1. The first-order valence-corrected chi connectivity index (χ1v) is 13.2. The number of rotatable bonds is 8. The van der Waals surface area contributed by atoms with Crippen LogP contribution in [0.4, 0.5) is 0 Å². The molecule has 0 saturated carbocycles. The van der Waals surface area contributed by atoms with Gasteiger partial charge in [-0.05, 0) is 43.2 Å². The standard InChI is InChI=1S/C26H27ClN3O3P/c1-18(2)33-34(32,28-16-19-7-5-4-6-8-19)17-20-9-11-21(12-10-20)25-29-24-15-22(27)13-14-23(24)26(31)30(25)3/h4-15,18H,16-17H2,1-3H3,(H,28,32). The molecule has 3 aromatic carbocycles. The molecule has 1 atom stereocenters. The van der Waals surface area contributed by atoms with Gasteiger partial charge < -0.3 is 4.52 Å². The molecular weight excluding hydrogens is 469 g/mol. The minimum absolute atomic E-state index is 0.138. The molecule has 6 nitrogen and oxygen atoms in total. The molecule has 1 unspecified atom stereocenters. The average molecular weight is 496 g/mol. The number of hydrogen-bond acceptors (Lipinski definition) is 4. The summed E-state index contributed by atoms with van der Waals surface area (Å²) in [5, 5.41) is 4.19. The lowest BCUT2D eigenvalue weighted by Gasteiger charge is -2.22. The zero-order chi connectivity index (χ0) is 24.3. The zero-order valence-electron chi connectivity index (χ0n) is 19.4. The van der Waals surface area contributed by atoms with Gasteiger partial charge in [0.25, 0.3) is 13.1 Å². The van der Waals surface area contributed by atoms with Crippen LogP contribution in [0.15, 0.2) is 77.6 Å². The van der Waals surface area contributed by atoms with Crippen molar-refractivity contribution in [2.45, 2.75) is 32.7 Å². The van der Waals surface area contributed by atoms with E-state index >= 15 is 0 Å². The second-order valence-electron chi connectivity index (χ2n) is 8.46. The lowest BCUT2D eigenvalue weighted by atomic mass is 10.1. The predicted octanol–water partition coefficient (Wildman–Crippen LogP) is 6.16. The molecule has 4 rings (SSSR count). The van der Waals surface area contributed by atoms with E-state index in [1.807, 2.05) is 68.4 Å². The van der Waals surface area contributed by atoms with Gasteiger partial charge in [0.2, 0.25) is 0 Å². The summed E-state index contributed by atoms with van der Waals surface area (Å²) in [5.41, 5.74) is 3.09. The molecule has 0 amide bonds. The Morgan fingerprint density at radius 1 is 1.03 bits per heavy atom. The van der Waals surface area contributed by atoms with Crippen molar-refractivity contribution in [3.05, 3.63) is 99.3 Å². The van der Waals surface area contributed by atoms with Crippen molar-refractivity contribution in [2.75, 3.05) is 0 Å². The van der Waals surface area contributed by atoms with E-state index in [1.54, 1.807) is 25.2 Å². The molecule has 0 radical (unpaired) electrons. The van der Waals surface area contributed by atoms with Crippen molar-refractivity contribution in [2.24, 2.45) is 7.05 Å². The van der Waals surface area contributed by atoms with E-state index in [2.05, 4.69) is 10.1 Å². The number of nitrogens with one attached hydrogen (secondary N) is 1. The average Bonchev–Trinajstić information content (AvgIpc) is 2.81. The fourth-order valence-corrected chi connectivity index (χ4v) is 6.00. The molecule has 0 saturated heterocycles. The summed E-state index contributed by atoms with van der Waals surface area (Å²) in [6.45, 7) is 4.20. The summed E-state index contributed by atoms with van der Waals surface area (Å²) in [7, 11) is -1.44. The topological polar surface area (TPSA) is 73.2 Å². The summed E-state index contributed by atoms with van der Waals surface area (Å²) in [6.07, 6.45) is 0.0642. The summed E-state index contributed by atoms with van der Waals surface area (Å²) < 4.78 is 21.0. The van der Waals surface area contributed by atoms with Gasteiger partial charge in [0, 0.05) is 24.2 Å². The second-order valence-corrected chi connectivity index (χ2v) is 11.1. The third-order valence-electron chi connectivity index (χ3n) is 5.39. The number of benzene rings is 3. The van der Waals surface area contributed by atoms with Crippen LogP contribution in [0.5, 0.6) is 0 Å². The fourth-order valence-electron chi connectivity index (χ4n) is 3.78. The Morgan fingerprint density at radius 2 is 1.74 bits per heavy atom. The van der Waals surface area contributed by atoms with Crippen LogP contribution in [0.1, 0.15) is 25.0 Å². The number of hydrogen-bond donors (Lipinski definition) is 1. The Hall–Kier alpha value is -2.76. The molecule has 176 valence electrons. The van der Waals surface area contributed by atoms with Crippen molar-refractivity contribution in [3.63, 3.8) is 0 Å². The molecule has 4 aromatic rings. The van der Waals surface area contributed by atoms with Crippen LogP contribution in [0.25, 0.3) is 22.3 Å². The van der Waals surface area contributed by atoms with E-state index in [0.29, 0.717) is 28.3 Å². The van der Waals surface area contributed by atoms with Crippen LogP contribution < -0.4 is 10.6 Å². The van der Waals surface area contributed by atoms with Crippen LogP contribution in [-0.4, -0.2) is 15.7 Å². The number of nitrogens with zero attached hydrogens (tertiary/aromatic N) is 2. The van der Waals surface area contributed by atoms with Crippen molar-refractivity contribution >= 4 is 30.0 Å². The van der Waals surface area contributed by atoms with E-state index in [1.165, 1.54) is 4.57 Å². The molecule has 1 N–H and O–H groups in total. The van der Waals surface area contributed by atoms with Crippen molar-refractivity contribution in [1.82, 2.24) is 14.6 Å². The number of halogens is 1. The smallest absolute Gasteiger partial charge is 0.274 e. The second kappa shape index (κ2) is 10.2. The van der Waals surface area contributed by atoms with Gasteiger partial charge in [-0.3, -0.25) is 13.9 Å². The Kier molecular flexibility index (Phi) is 7.34. The Labute approximate surface area is 204 Å². The molecular formula is C26H27ClN3O3P. The van der Waals surface area contributed by atoms with Crippen molar-refractivity contribution < 1.29 is 9.09 Å². The van der Waals surface area contributed by atoms with Gasteiger partial charge in [-0.2, -0.15) is 0 Å². The summed E-state index contributed by atoms with van der Waals surface area (Å²) in [6, 6.07) is 22.4. The highest BCUT2D eigenvalue weighted by molar-refractivity contribution is 7.56. The van der Waals surface area contributed by atoms with Crippen LogP contribution in [0.3, 0.4) is 0 Å². The monoisotopic (exact) mass is 495 g/mol. The maximum Gasteiger partial charge on any atom is 0.274 e. The molecule has 0 aliphatic carbocycles. The van der Waals surface area contributed by atoms with Gasteiger partial charge in [0.15, 0.2) is 0 Å². The van der Waals surface area contributed by atoms with Crippen LogP contribution >= 0.6 is 19.1 Å². The minimum atomic E-state index is -3.14. The fraction of sp³-hybridized carbons (Fsp3) is 0.231. The maximum atomic E-state index is 13.6. The zero-order valence-corrected chi connectivity index (χ0v) is 21.0. The molecule has 0 aliphatic heterocycles. The maximum absolute atomic E-state index is 13.6. The molecule has 0 spiro atoms. The summed E-state index contributed by atoms with van der Waals surface area (Å²) >= 11 is 6.10. The molecule has 1 aromatic heterocycles. The van der Waals surface area contributed by atoms with Gasteiger partial charge in [-0.15, -0.1) is 0 Å². The Bertz CT molecular complexity index is 1400. The number of aromatic nitrogens is 2. The largest absolute Gasteiger partial charge is 0.315 e. The quantitative estimate of drug-likeness (QED) is 0.296. The van der Waals surface area contributed by atoms with Gasteiger partial charge in [-0.1, -0.05) is 66.2 Å². The van der Waals surface area contributed by atoms with Crippen LogP contribution in [0.2, 0.25) is 5.02 Å². The SMILES string of the molecule is CC(C)OP(=O)(Cc1ccc(-c2nc3cc(Cl)ccc3c(=O)n2C)cc1)NCc1ccccc1. The first-order valence-electron chi connectivity index (χ1n) is 11.1. The molecule has 1 heterocycles. The lowest BCUT2D eigenvalue weighted by molar-refractivity contribution is 0.237. The molecule has 0 fully saturated rings. The van der Waals surface area contributed by atoms with Gasteiger partial charge in [-0.25, -0.2) is 10.1 Å². The van der Waals surface area contributed by atoms with Crippen molar-refractivity contribution in [1.29, 1.82) is 0 Å². The highest BCUT2D eigenvalue weighted by Gasteiger charge is 2.25. The van der Waals surface area contributed by atoms with Crippen molar-refractivity contribution in [3.8, 4) is 11.4 Å². The van der Waals surface area contributed by atoms with E-state index in [0.717, 1.165) is 16.7 Å². The van der Waals surface area contributed by atoms with Gasteiger partial charge in [0.1, 0.15) is 5.82 Å². The van der Waals surface area contributed by atoms with E-state index in [-0.39, 0.29) is 17.8 Å². The van der Waals surface area contributed by atoms with Gasteiger partial charge in [0.05, 0.1) is 23.2 Å². The first-order chi connectivity index (χ1) is 16.2. The summed E-state index contributed by atoms with van der Waals surface area (Å²) in [5.74, 6) is 0.537. The highest BCUT2D eigenvalue weighted by Crippen LogP contribution is 2.47. The Morgan fingerprint density at radius 3 is 2.41 bits per heavy atom.